The molecule has 0 aromatic carbocycles. The van der Waals surface area contributed by atoms with Gasteiger partial charge in [0, 0.05) is 25.4 Å². The van der Waals surface area contributed by atoms with Crippen molar-refractivity contribution in [3.05, 3.63) is 18.0 Å². The number of aryl methyl sites for hydroxylation is 1. The quantitative estimate of drug-likeness (QED) is 0.643. The average Bonchev–Trinajstić information content (AvgIpc) is 2.15. The molecule has 0 saturated heterocycles. The highest BCUT2D eigenvalue weighted by atomic mass is 16.3. The zero-order valence-electron chi connectivity index (χ0n) is 6.28. The monoisotopic (exact) mass is 140 g/mol. The normalized spacial score (nSPS) is 13.5. The van der Waals surface area contributed by atoms with Crippen molar-refractivity contribution in [2.24, 2.45) is 7.05 Å². The van der Waals surface area contributed by atoms with Gasteiger partial charge >= 0.3 is 0 Å². The maximum absolute atomic E-state index is 9.01. The van der Waals surface area contributed by atoms with Gasteiger partial charge in [-0.1, -0.05) is 0 Å². The van der Waals surface area contributed by atoms with Crippen molar-refractivity contribution in [1.29, 1.82) is 0 Å². The van der Waals surface area contributed by atoms with Crippen LogP contribution in [0.5, 0.6) is 0 Å². The number of aromatic nitrogens is 2. The van der Waals surface area contributed by atoms with E-state index in [-0.39, 0.29) is 6.10 Å². The third-order valence-corrected chi connectivity index (χ3v) is 1.43. The first-order valence-electron chi connectivity index (χ1n) is 3.35. The molecule has 0 bridgehead atoms. The molecule has 0 aliphatic carbocycles. The molecule has 0 fully saturated rings. The minimum Gasteiger partial charge on any atom is -0.393 e. The van der Waals surface area contributed by atoms with Crippen LogP contribution in [0, 0.1) is 0 Å². The highest BCUT2D eigenvalue weighted by Crippen LogP contribution is 1.99. The third-order valence-electron chi connectivity index (χ3n) is 1.43. The summed E-state index contributed by atoms with van der Waals surface area (Å²) < 4.78 is 1.77. The molecule has 0 radical (unpaired) electrons. The number of nitrogens with zero attached hydrogens (tertiary/aromatic N) is 2. The number of hydrogen-bond acceptors (Lipinski definition) is 2. The van der Waals surface area contributed by atoms with Gasteiger partial charge in [0.15, 0.2) is 0 Å². The van der Waals surface area contributed by atoms with E-state index in [9.17, 15) is 0 Å². The van der Waals surface area contributed by atoms with Crippen LogP contribution in [0.4, 0.5) is 0 Å². The van der Waals surface area contributed by atoms with Crippen molar-refractivity contribution in [2.45, 2.75) is 19.4 Å². The van der Waals surface area contributed by atoms with Gasteiger partial charge in [-0.25, -0.2) is 0 Å². The highest BCUT2D eigenvalue weighted by Gasteiger charge is 2.01. The van der Waals surface area contributed by atoms with Crippen LogP contribution in [0.2, 0.25) is 0 Å². The maximum atomic E-state index is 9.01. The molecule has 1 heterocycles. The van der Waals surface area contributed by atoms with E-state index < -0.39 is 0 Å². The topological polar surface area (TPSA) is 38.1 Å². The Labute approximate surface area is 60.3 Å². The van der Waals surface area contributed by atoms with Crippen molar-refractivity contribution in [2.75, 3.05) is 0 Å². The zero-order chi connectivity index (χ0) is 7.56. The Morgan fingerprint density at radius 2 is 2.50 bits per heavy atom. The van der Waals surface area contributed by atoms with Crippen molar-refractivity contribution >= 4 is 0 Å². The maximum Gasteiger partial charge on any atom is 0.0567 e. The summed E-state index contributed by atoms with van der Waals surface area (Å²) >= 11 is 0. The Hall–Kier alpha value is -0.830. The fourth-order valence-corrected chi connectivity index (χ4v) is 0.904. The van der Waals surface area contributed by atoms with Gasteiger partial charge in [-0.05, 0) is 13.0 Å². The molecule has 1 aromatic heterocycles. The second-order valence-electron chi connectivity index (χ2n) is 2.50. The van der Waals surface area contributed by atoms with Gasteiger partial charge in [-0.15, -0.1) is 0 Å². The molecule has 56 valence electrons. The number of aliphatic hydroxyl groups is 1. The van der Waals surface area contributed by atoms with E-state index >= 15 is 0 Å². The van der Waals surface area contributed by atoms with E-state index in [1.807, 2.05) is 13.1 Å². The van der Waals surface area contributed by atoms with Crippen LogP contribution in [-0.4, -0.2) is 21.0 Å². The summed E-state index contributed by atoms with van der Waals surface area (Å²) in [4.78, 5) is 0. The summed E-state index contributed by atoms with van der Waals surface area (Å²) in [5.74, 6) is 0. The lowest BCUT2D eigenvalue weighted by Gasteiger charge is -2.02. The minimum atomic E-state index is -0.282. The molecule has 1 atom stereocenters. The molecule has 1 rings (SSSR count). The zero-order valence-corrected chi connectivity index (χ0v) is 6.28. The lowest BCUT2D eigenvalue weighted by Crippen LogP contribution is -2.08. The highest BCUT2D eigenvalue weighted by molar-refractivity contribution is 5.00. The average molecular weight is 140 g/mol. The standard InChI is InChI=1S/C7H12N2O/c1-6(10)5-7-3-4-8-9(7)2/h3-4,6,10H,5H2,1-2H3. The summed E-state index contributed by atoms with van der Waals surface area (Å²) in [6.45, 7) is 1.77. The number of rotatable bonds is 2. The molecule has 1 N–H and O–H groups in total. The summed E-state index contributed by atoms with van der Waals surface area (Å²) in [7, 11) is 1.87. The molecule has 0 saturated carbocycles. The van der Waals surface area contributed by atoms with Crippen LogP contribution in [0.3, 0.4) is 0 Å². The second kappa shape index (κ2) is 2.84. The lowest BCUT2D eigenvalue weighted by molar-refractivity contribution is 0.193. The molecule has 10 heavy (non-hydrogen) atoms. The minimum absolute atomic E-state index is 0.282. The summed E-state index contributed by atoms with van der Waals surface area (Å²) in [5, 5.41) is 13.0. The van der Waals surface area contributed by atoms with Gasteiger partial charge in [0.1, 0.15) is 0 Å². The van der Waals surface area contributed by atoms with E-state index in [1.54, 1.807) is 17.8 Å². The summed E-state index contributed by atoms with van der Waals surface area (Å²) in [6, 6.07) is 1.91. The molecule has 0 aliphatic heterocycles. The van der Waals surface area contributed by atoms with Gasteiger partial charge in [0.2, 0.25) is 0 Å². The Bertz CT molecular complexity index is 205. The van der Waals surface area contributed by atoms with Crippen LogP contribution in [0.1, 0.15) is 12.6 Å². The molecule has 3 nitrogen and oxygen atoms in total. The smallest absolute Gasteiger partial charge is 0.0567 e. The lowest BCUT2D eigenvalue weighted by atomic mass is 10.2. The number of hydrogen-bond donors (Lipinski definition) is 1. The predicted octanol–water partition coefficient (Wildman–Crippen LogP) is 0.343. The summed E-state index contributed by atoms with van der Waals surface area (Å²) in [6.07, 6.45) is 2.13. The van der Waals surface area contributed by atoms with E-state index in [4.69, 9.17) is 5.11 Å². The molecule has 0 aliphatic rings. The first kappa shape index (κ1) is 7.28. The molecule has 3 heteroatoms. The Morgan fingerprint density at radius 3 is 2.90 bits per heavy atom. The van der Waals surface area contributed by atoms with Crippen LogP contribution < -0.4 is 0 Å². The second-order valence-corrected chi connectivity index (χ2v) is 2.50. The first-order chi connectivity index (χ1) is 4.70. The van der Waals surface area contributed by atoms with Gasteiger partial charge in [0.05, 0.1) is 6.10 Å². The molecule has 1 unspecified atom stereocenters. The third kappa shape index (κ3) is 1.57. The van der Waals surface area contributed by atoms with Crippen molar-refractivity contribution in [3.63, 3.8) is 0 Å². The molecule has 0 spiro atoms. The largest absolute Gasteiger partial charge is 0.393 e. The predicted molar refractivity (Wildman–Crippen MR) is 38.6 cm³/mol. The SMILES string of the molecule is CC(O)Cc1ccnn1C. The van der Waals surface area contributed by atoms with E-state index in [1.165, 1.54) is 0 Å². The molecular formula is C7H12N2O. The molecule has 0 amide bonds. The molecule has 1 aromatic rings. The van der Waals surface area contributed by atoms with E-state index in [0.29, 0.717) is 6.42 Å². The van der Waals surface area contributed by atoms with Gasteiger partial charge in [-0.2, -0.15) is 5.10 Å². The Morgan fingerprint density at radius 1 is 1.80 bits per heavy atom. The Balaban J connectivity index is 2.65. The van der Waals surface area contributed by atoms with Crippen molar-refractivity contribution in [3.8, 4) is 0 Å². The van der Waals surface area contributed by atoms with Crippen LogP contribution in [0.15, 0.2) is 12.3 Å². The summed E-state index contributed by atoms with van der Waals surface area (Å²) in [5.41, 5.74) is 1.06. The first-order valence-corrected chi connectivity index (χ1v) is 3.35. The fraction of sp³-hybridized carbons (Fsp3) is 0.571. The van der Waals surface area contributed by atoms with Gasteiger partial charge in [0.25, 0.3) is 0 Å². The van der Waals surface area contributed by atoms with E-state index in [0.717, 1.165) is 5.69 Å². The van der Waals surface area contributed by atoms with Crippen LogP contribution >= 0.6 is 0 Å². The molecular weight excluding hydrogens is 128 g/mol. The number of aliphatic hydroxyl groups excluding tert-OH is 1. The fourth-order valence-electron chi connectivity index (χ4n) is 0.904. The Kier molecular flexibility index (Phi) is 2.06. The van der Waals surface area contributed by atoms with Crippen LogP contribution in [0.25, 0.3) is 0 Å². The van der Waals surface area contributed by atoms with Gasteiger partial charge in [-0.3, -0.25) is 4.68 Å². The van der Waals surface area contributed by atoms with Crippen molar-refractivity contribution < 1.29 is 5.11 Å². The van der Waals surface area contributed by atoms with Gasteiger partial charge < -0.3 is 5.11 Å². The van der Waals surface area contributed by atoms with Crippen LogP contribution in [-0.2, 0) is 13.5 Å². The van der Waals surface area contributed by atoms with E-state index in [2.05, 4.69) is 5.10 Å². The van der Waals surface area contributed by atoms with Crippen molar-refractivity contribution in [1.82, 2.24) is 9.78 Å².